The molecule has 4 heteroatoms. The standard InChI is InChI=1S/C16H22BrN3/c1-4-10-18-16(15-9-11-19-20(15)5-2)13-7-6-8-14(17)12(13)3/h6-9,11,16,18H,4-5,10H2,1-3H3. The van der Waals surface area contributed by atoms with Gasteiger partial charge in [0.1, 0.15) is 0 Å². The quantitative estimate of drug-likeness (QED) is 0.862. The fourth-order valence-corrected chi connectivity index (χ4v) is 2.83. The average Bonchev–Trinajstić information content (AvgIpc) is 2.92. The van der Waals surface area contributed by atoms with Gasteiger partial charge in [0.05, 0.1) is 11.7 Å². The summed E-state index contributed by atoms with van der Waals surface area (Å²) in [4.78, 5) is 0. The number of nitrogens with one attached hydrogen (secondary N) is 1. The van der Waals surface area contributed by atoms with Crippen LogP contribution in [0.15, 0.2) is 34.9 Å². The van der Waals surface area contributed by atoms with Crippen LogP contribution >= 0.6 is 15.9 Å². The van der Waals surface area contributed by atoms with Crippen LogP contribution in [-0.4, -0.2) is 16.3 Å². The molecular weight excluding hydrogens is 314 g/mol. The highest BCUT2D eigenvalue weighted by molar-refractivity contribution is 9.10. The van der Waals surface area contributed by atoms with E-state index in [9.17, 15) is 0 Å². The summed E-state index contributed by atoms with van der Waals surface area (Å²) in [6.07, 6.45) is 3.00. The smallest absolute Gasteiger partial charge is 0.0751 e. The van der Waals surface area contributed by atoms with Crippen LogP contribution in [-0.2, 0) is 6.54 Å². The van der Waals surface area contributed by atoms with Crippen LogP contribution in [0.4, 0.5) is 0 Å². The molecule has 0 saturated carbocycles. The van der Waals surface area contributed by atoms with E-state index in [1.165, 1.54) is 16.8 Å². The van der Waals surface area contributed by atoms with E-state index >= 15 is 0 Å². The summed E-state index contributed by atoms with van der Waals surface area (Å²) in [5, 5.41) is 8.06. The largest absolute Gasteiger partial charge is 0.305 e. The minimum absolute atomic E-state index is 0.190. The molecule has 0 spiro atoms. The van der Waals surface area contributed by atoms with Crippen LogP contribution in [0.2, 0.25) is 0 Å². The first-order valence-electron chi connectivity index (χ1n) is 7.19. The van der Waals surface area contributed by atoms with Gasteiger partial charge in [-0.3, -0.25) is 4.68 Å². The molecule has 2 aromatic rings. The molecule has 1 aromatic heterocycles. The predicted octanol–water partition coefficient (Wildman–Crippen LogP) is 4.06. The van der Waals surface area contributed by atoms with E-state index in [1.807, 2.05) is 6.20 Å². The molecule has 0 fully saturated rings. The molecular formula is C16H22BrN3. The predicted molar refractivity (Wildman–Crippen MR) is 86.9 cm³/mol. The van der Waals surface area contributed by atoms with Gasteiger partial charge in [-0.05, 0) is 50.1 Å². The SMILES string of the molecule is CCCNC(c1cccc(Br)c1C)c1ccnn1CC. The Balaban J connectivity index is 2.44. The van der Waals surface area contributed by atoms with Gasteiger partial charge in [-0.25, -0.2) is 0 Å². The minimum Gasteiger partial charge on any atom is -0.305 e. The van der Waals surface area contributed by atoms with E-state index < -0.39 is 0 Å². The van der Waals surface area contributed by atoms with Gasteiger partial charge in [-0.15, -0.1) is 0 Å². The lowest BCUT2D eigenvalue weighted by Crippen LogP contribution is -2.26. The van der Waals surface area contributed by atoms with Gasteiger partial charge >= 0.3 is 0 Å². The average molecular weight is 336 g/mol. The minimum atomic E-state index is 0.190. The molecule has 3 nitrogen and oxygen atoms in total. The van der Waals surface area contributed by atoms with Crippen molar-refractivity contribution in [3.8, 4) is 0 Å². The third kappa shape index (κ3) is 3.13. The van der Waals surface area contributed by atoms with E-state index in [2.05, 4.69) is 76.1 Å². The zero-order chi connectivity index (χ0) is 14.5. The first-order valence-corrected chi connectivity index (χ1v) is 7.98. The summed E-state index contributed by atoms with van der Waals surface area (Å²) in [5.41, 5.74) is 3.81. The Bertz CT molecular complexity index is 563. The van der Waals surface area contributed by atoms with E-state index in [4.69, 9.17) is 0 Å². The van der Waals surface area contributed by atoms with Crippen LogP contribution in [0.5, 0.6) is 0 Å². The Labute approximate surface area is 129 Å². The van der Waals surface area contributed by atoms with Gasteiger partial charge in [0, 0.05) is 17.2 Å². The summed E-state index contributed by atoms with van der Waals surface area (Å²) in [5.74, 6) is 0. The molecule has 20 heavy (non-hydrogen) atoms. The van der Waals surface area contributed by atoms with Crippen molar-refractivity contribution in [3.63, 3.8) is 0 Å². The highest BCUT2D eigenvalue weighted by Gasteiger charge is 2.19. The maximum absolute atomic E-state index is 4.41. The Hall–Kier alpha value is -1.13. The second kappa shape index (κ2) is 7.04. The van der Waals surface area contributed by atoms with Crippen LogP contribution in [0.3, 0.4) is 0 Å². The number of hydrogen-bond acceptors (Lipinski definition) is 2. The lowest BCUT2D eigenvalue weighted by Gasteiger charge is -2.22. The number of hydrogen-bond donors (Lipinski definition) is 1. The van der Waals surface area contributed by atoms with Gasteiger partial charge in [-0.1, -0.05) is 35.0 Å². The fraction of sp³-hybridized carbons (Fsp3) is 0.438. The van der Waals surface area contributed by atoms with Crippen molar-refractivity contribution in [1.82, 2.24) is 15.1 Å². The van der Waals surface area contributed by atoms with Gasteiger partial charge in [-0.2, -0.15) is 5.10 Å². The number of aromatic nitrogens is 2. The lowest BCUT2D eigenvalue weighted by molar-refractivity contribution is 0.528. The highest BCUT2D eigenvalue weighted by Crippen LogP contribution is 2.29. The number of aryl methyl sites for hydroxylation is 1. The van der Waals surface area contributed by atoms with Crippen molar-refractivity contribution in [1.29, 1.82) is 0 Å². The Morgan fingerprint density at radius 1 is 1.30 bits per heavy atom. The normalized spacial score (nSPS) is 12.6. The first kappa shape index (κ1) is 15.3. The van der Waals surface area contributed by atoms with Crippen molar-refractivity contribution in [2.75, 3.05) is 6.54 Å². The van der Waals surface area contributed by atoms with Gasteiger partial charge in [0.15, 0.2) is 0 Å². The van der Waals surface area contributed by atoms with Crippen LogP contribution < -0.4 is 5.32 Å². The topological polar surface area (TPSA) is 29.9 Å². The molecule has 0 aliphatic carbocycles. The summed E-state index contributed by atoms with van der Waals surface area (Å²) < 4.78 is 3.22. The number of benzene rings is 1. The van der Waals surface area contributed by atoms with Crippen molar-refractivity contribution in [3.05, 3.63) is 51.8 Å². The van der Waals surface area contributed by atoms with Gasteiger partial charge < -0.3 is 5.32 Å². The zero-order valence-electron chi connectivity index (χ0n) is 12.4. The van der Waals surface area contributed by atoms with E-state index in [0.717, 1.165) is 24.0 Å². The first-order chi connectivity index (χ1) is 9.69. The van der Waals surface area contributed by atoms with E-state index in [1.54, 1.807) is 0 Å². The highest BCUT2D eigenvalue weighted by atomic mass is 79.9. The number of nitrogens with zero attached hydrogens (tertiary/aromatic N) is 2. The molecule has 1 heterocycles. The maximum Gasteiger partial charge on any atom is 0.0751 e. The third-order valence-electron chi connectivity index (χ3n) is 3.56. The molecule has 0 saturated heterocycles. The molecule has 0 amide bonds. The van der Waals surface area contributed by atoms with Crippen LogP contribution in [0.1, 0.15) is 43.1 Å². The van der Waals surface area contributed by atoms with Crippen LogP contribution in [0, 0.1) is 6.92 Å². The van der Waals surface area contributed by atoms with Crippen molar-refractivity contribution < 1.29 is 0 Å². The summed E-state index contributed by atoms with van der Waals surface area (Å²) >= 11 is 3.63. The van der Waals surface area contributed by atoms with E-state index in [0.29, 0.717) is 0 Å². The summed E-state index contributed by atoms with van der Waals surface area (Å²) in [6, 6.07) is 8.68. The molecule has 0 aliphatic rings. The molecule has 0 bridgehead atoms. The second-order valence-electron chi connectivity index (χ2n) is 4.91. The van der Waals surface area contributed by atoms with E-state index in [-0.39, 0.29) is 6.04 Å². The molecule has 2 rings (SSSR count). The second-order valence-corrected chi connectivity index (χ2v) is 5.77. The maximum atomic E-state index is 4.41. The number of halogens is 1. The van der Waals surface area contributed by atoms with Crippen molar-refractivity contribution >= 4 is 15.9 Å². The Morgan fingerprint density at radius 2 is 2.10 bits per heavy atom. The molecule has 1 aromatic carbocycles. The fourth-order valence-electron chi connectivity index (χ4n) is 2.45. The number of rotatable bonds is 6. The Morgan fingerprint density at radius 3 is 2.80 bits per heavy atom. The lowest BCUT2D eigenvalue weighted by atomic mass is 9.98. The van der Waals surface area contributed by atoms with Crippen LogP contribution in [0.25, 0.3) is 0 Å². The van der Waals surface area contributed by atoms with Gasteiger partial charge in [0.25, 0.3) is 0 Å². The molecule has 1 N–H and O–H groups in total. The molecule has 1 unspecified atom stereocenters. The van der Waals surface area contributed by atoms with Gasteiger partial charge in [0.2, 0.25) is 0 Å². The van der Waals surface area contributed by atoms with Crippen molar-refractivity contribution in [2.45, 2.75) is 39.8 Å². The molecule has 0 aliphatic heterocycles. The molecule has 1 atom stereocenters. The molecule has 0 radical (unpaired) electrons. The zero-order valence-corrected chi connectivity index (χ0v) is 13.9. The third-order valence-corrected chi connectivity index (χ3v) is 4.42. The summed E-state index contributed by atoms with van der Waals surface area (Å²) in [7, 11) is 0. The molecule has 108 valence electrons. The summed E-state index contributed by atoms with van der Waals surface area (Å²) in [6.45, 7) is 8.36. The van der Waals surface area contributed by atoms with Crippen molar-refractivity contribution in [2.24, 2.45) is 0 Å². The monoisotopic (exact) mass is 335 g/mol. The Kier molecular flexibility index (Phi) is 5.38.